The molecule has 5 nitrogen and oxygen atoms in total. The summed E-state index contributed by atoms with van der Waals surface area (Å²) < 4.78 is 7.73. The molecule has 0 spiro atoms. The Labute approximate surface area is 163 Å². The predicted octanol–water partition coefficient (Wildman–Crippen LogP) is 3.86. The van der Waals surface area contributed by atoms with Crippen molar-refractivity contribution in [3.63, 3.8) is 0 Å². The molecule has 0 saturated heterocycles. The number of fused-ring (bicyclic) bond motifs is 1. The van der Waals surface area contributed by atoms with Gasteiger partial charge < -0.3 is 14.6 Å². The van der Waals surface area contributed by atoms with Crippen LogP contribution in [0, 0.1) is 0 Å². The van der Waals surface area contributed by atoms with E-state index in [1.165, 1.54) is 0 Å². The van der Waals surface area contributed by atoms with Crippen LogP contribution in [-0.4, -0.2) is 22.1 Å². The fourth-order valence-electron chi connectivity index (χ4n) is 3.27. The number of carbonyl (C=O) groups excluding carboxylic acids is 1. The van der Waals surface area contributed by atoms with Crippen LogP contribution in [0.15, 0.2) is 85.2 Å². The quantitative estimate of drug-likeness (QED) is 0.560. The molecule has 0 saturated carbocycles. The summed E-state index contributed by atoms with van der Waals surface area (Å²) in [5.74, 6) is 1.26. The highest BCUT2D eigenvalue weighted by Gasteiger charge is 2.20. The van der Waals surface area contributed by atoms with E-state index in [0.717, 1.165) is 22.2 Å². The van der Waals surface area contributed by atoms with Crippen LogP contribution in [0.25, 0.3) is 10.8 Å². The molecule has 0 aliphatic heterocycles. The molecule has 1 aromatic heterocycles. The van der Waals surface area contributed by atoms with Crippen LogP contribution in [0.2, 0.25) is 0 Å². The minimum absolute atomic E-state index is 0.0677. The second kappa shape index (κ2) is 7.96. The number of hydrogen-bond donors (Lipinski definition) is 1. The summed E-state index contributed by atoms with van der Waals surface area (Å²) in [6, 6.07) is 23.2. The molecule has 1 N–H and O–H groups in total. The van der Waals surface area contributed by atoms with Crippen molar-refractivity contribution in [3.05, 3.63) is 96.6 Å². The monoisotopic (exact) mass is 371 g/mol. The Morgan fingerprint density at radius 1 is 1.04 bits per heavy atom. The molecule has 4 rings (SSSR count). The highest BCUT2D eigenvalue weighted by atomic mass is 16.5. The summed E-state index contributed by atoms with van der Waals surface area (Å²) in [6.45, 7) is -0.0677. The van der Waals surface area contributed by atoms with Crippen molar-refractivity contribution in [1.82, 2.24) is 14.9 Å². The van der Waals surface area contributed by atoms with Gasteiger partial charge in [0.2, 0.25) is 0 Å². The van der Waals surface area contributed by atoms with Gasteiger partial charge in [0.1, 0.15) is 17.6 Å². The van der Waals surface area contributed by atoms with Gasteiger partial charge in [-0.15, -0.1) is 0 Å². The molecule has 1 unspecified atom stereocenters. The van der Waals surface area contributed by atoms with Gasteiger partial charge >= 0.3 is 0 Å². The Kier molecular flexibility index (Phi) is 5.06. The van der Waals surface area contributed by atoms with Gasteiger partial charge in [0, 0.05) is 24.8 Å². The standard InChI is InChI=1S/C23H21N3O2/c1-26-15-14-24-23(26)22(18-9-3-2-4-10-18)25-21(27)16-28-20-13-7-11-17-8-5-6-12-19(17)20/h2-15,22H,16H2,1H3,(H,25,27). The summed E-state index contributed by atoms with van der Waals surface area (Å²) in [4.78, 5) is 17.1. The zero-order chi connectivity index (χ0) is 19.3. The van der Waals surface area contributed by atoms with Crippen molar-refractivity contribution in [2.45, 2.75) is 6.04 Å². The lowest BCUT2D eigenvalue weighted by Gasteiger charge is -2.19. The minimum atomic E-state index is -0.343. The van der Waals surface area contributed by atoms with Crippen LogP contribution in [0.1, 0.15) is 17.4 Å². The molecular formula is C23H21N3O2. The highest BCUT2D eigenvalue weighted by molar-refractivity contribution is 5.88. The SMILES string of the molecule is Cn1ccnc1C(NC(=O)COc1cccc2ccccc12)c1ccccc1. The molecule has 0 aliphatic carbocycles. The highest BCUT2D eigenvalue weighted by Crippen LogP contribution is 2.25. The van der Waals surface area contributed by atoms with Crippen LogP contribution in [0.5, 0.6) is 5.75 Å². The Morgan fingerprint density at radius 3 is 2.57 bits per heavy atom. The zero-order valence-corrected chi connectivity index (χ0v) is 15.6. The van der Waals surface area contributed by atoms with Crippen LogP contribution in [0.4, 0.5) is 0 Å². The minimum Gasteiger partial charge on any atom is -0.483 e. The Morgan fingerprint density at radius 2 is 1.79 bits per heavy atom. The predicted molar refractivity (Wildman–Crippen MR) is 109 cm³/mol. The van der Waals surface area contributed by atoms with Crippen molar-refractivity contribution in [2.75, 3.05) is 6.61 Å². The fourth-order valence-corrected chi connectivity index (χ4v) is 3.27. The van der Waals surface area contributed by atoms with E-state index >= 15 is 0 Å². The van der Waals surface area contributed by atoms with Crippen LogP contribution in [0.3, 0.4) is 0 Å². The Balaban J connectivity index is 1.51. The number of aromatic nitrogens is 2. The number of amides is 1. The first kappa shape index (κ1) is 17.8. The third-order valence-electron chi connectivity index (χ3n) is 4.66. The molecule has 5 heteroatoms. The molecule has 0 fully saturated rings. The van der Waals surface area contributed by atoms with Crippen LogP contribution < -0.4 is 10.1 Å². The fraction of sp³-hybridized carbons (Fsp3) is 0.130. The lowest BCUT2D eigenvalue weighted by Crippen LogP contribution is -2.34. The van der Waals surface area contributed by atoms with Gasteiger partial charge in [-0.2, -0.15) is 0 Å². The van der Waals surface area contributed by atoms with Gasteiger partial charge in [-0.25, -0.2) is 4.98 Å². The number of imidazole rings is 1. The molecule has 4 aromatic rings. The number of hydrogen-bond acceptors (Lipinski definition) is 3. The number of aryl methyl sites for hydroxylation is 1. The van der Waals surface area contributed by atoms with Crippen molar-refractivity contribution in [1.29, 1.82) is 0 Å². The van der Waals surface area contributed by atoms with E-state index in [9.17, 15) is 4.79 Å². The second-order valence-electron chi connectivity index (χ2n) is 6.57. The lowest BCUT2D eigenvalue weighted by atomic mass is 10.1. The molecule has 0 aliphatic rings. The number of nitrogens with zero attached hydrogens (tertiary/aromatic N) is 2. The molecule has 1 amide bonds. The average Bonchev–Trinajstić information content (AvgIpc) is 3.16. The maximum atomic E-state index is 12.7. The van der Waals surface area contributed by atoms with E-state index < -0.39 is 0 Å². The normalized spacial score (nSPS) is 11.9. The van der Waals surface area contributed by atoms with Gasteiger partial charge in [0.05, 0.1) is 0 Å². The molecule has 0 bridgehead atoms. The van der Waals surface area contributed by atoms with Gasteiger partial charge in [-0.1, -0.05) is 66.7 Å². The van der Waals surface area contributed by atoms with E-state index in [-0.39, 0.29) is 18.6 Å². The number of benzene rings is 3. The smallest absolute Gasteiger partial charge is 0.258 e. The molecule has 0 radical (unpaired) electrons. The molecule has 140 valence electrons. The third-order valence-corrected chi connectivity index (χ3v) is 4.66. The molecule has 1 heterocycles. The summed E-state index contributed by atoms with van der Waals surface area (Å²) in [6.07, 6.45) is 3.59. The van der Waals surface area contributed by atoms with Gasteiger partial charge in [0.25, 0.3) is 5.91 Å². The first-order valence-corrected chi connectivity index (χ1v) is 9.14. The molecule has 1 atom stereocenters. The first-order chi connectivity index (χ1) is 13.7. The maximum absolute atomic E-state index is 12.7. The van der Waals surface area contributed by atoms with Gasteiger partial charge in [-0.05, 0) is 17.0 Å². The summed E-state index contributed by atoms with van der Waals surface area (Å²) in [5, 5.41) is 5.11. The Bertz CT molecular complexity index is 1080. The maximum Gasteiger partial charge on any atom is 0.258 e. The lowest BCUT2D eigenvalue weighted by molar-refractivity contribution is -0.123. The summed E-state index contributed by atoms with van der Waals surface area (Å²) in [5.41, 5.74) is 0.968. The largest absolute Gasteiger partial charge is 0.483 e. The van der Waals surface area contributed by atoms with E-state index in [2.05, 4.69) is 10.3 Å². The Hall–Kier alpha value is -3.60. The third kappa shape index (κ3) is 3.74. The van der Waals surface area contributed by atoms with Crippen LogP contribution >= 0.6 is 0 Å². The molecule has 28 heavy (non-hydrogen) atoms. The first-order valence-electron chi connectivity index (χ1n) is 9.14. The van der Waals surface area contributed by atoms with Gasteiger partial charge in [-0.3, -0.25) is 4.79 Å². The van der Waals surface area contributed by atoms with E-state index in [0.29, 0.717) is 5.75 Å². The van der Waals surface area contributed by atoms with Crippen molar-refractivity contribution >= 4 is 16.7 Å². The zero-order valence-electron chi connectivity index (χ0n) is 15.6. The summed E-state index contributed by atoms with van der Waals surface area (Å²) in [7, 11) is 1.91. The molecular weight excluding hydrogens is 350 g/mol. The molecule has 3 aromatic carbocycles. The van der Waals surface area contributed by atoms with Crippen molar-refractivity contribution in [3.8, 4) is 5.75 Å². The van der Waals surface area contributed by atoms with E-state index in [1.807, 2.05) is 90.6 Å². The number of nitrogens with one attached hydrogen (secondary N) is 1. The average molecular weight is 371 g/mol. The van der Waals surface area contributed by atoms with Crippen molar-refractivity contribution in [2.24, 2.45) is 7.05 Å². The summed E-state index contributed by atoms with van der Waals surface area (Å²) >= 11 is 0. The number of ether oxygens (including phenoxy) is 1. The number of carbonyl (C=O) groups is 1. The van der Waals surface area contributed by atoms with E-state index in [4.69, 9.17) is 4.74 Å². The van der Waals surface area contributed by atoms with Crippen molar-refractivity contribution < 1.29 is 9.53 Å². The second-order valence-corrected chi connectivity index (χ2v) is 6.57. The van der Waals surface area contributed by atoms with E-state index in [1.54, 1.807) is 6.20 Å². The topological polar surface area (TPSA) is 56.2 Å². The number of rotatable bonds is 6. The van der Waals surface area contributed by atoms with Crippen LogP contribution in [-0.2, 0) is 11.8 Å². The van der Waals surface area contributed by atoms with Gasteiger partial charge in [0.15, 0.2) is 6.61 Å².